The molecule has 0 aromatic heterocycles. The maximum absolute atomic E-state index is 14.4. The Kier molecular flexibility index (Phi) is 31.7. The third kappa shape index (κ3) is 23.2. The lowest BCUT2D eigenvalue weighted by atomic mass is 10.0. The Morgan fingerprint density at radius 3 is 1.90 bits per heavy atom. The number of aliphatic hydroxyl groups is 2. The summed E-state index contributed by atoms with van der Waals surface area (Å²) in [7, 11) is 2.83. The van der Waals surface area contributed by atoms with Crippen LogP contribution in [0.5, 0.6) is 11.5 Å². The van der Waals surface area contributed by atoms with Crippen LogP contribution in [0, 0.1) is 5.41 Å². The molecule has 8 amide bonds. The van der Waals surface area contributed by atoms with E-state index in [4.69, 9.17) is 55.0 Å². The molecule has 80 heavy (non-hydrogen) atoms. The fourth-order valence-corrected chi connectivity index (χ4v) is 8.28. The highest BCUT2D eigenvalue weighted by Gasteiger charge is 2.40. The minimum atomic E-state index is -1.83. The number of guanidine groups is 1. The van der Waals surface area contributed by atoms with Crippen LogP contribution in [0.2, 0.25) is 0 Å². The van der Waals surface area contributed by atoms with Crippen molar-refractivity contribution < 1.29 is 67.9 Å². The number of rotatable bonds is 38. The quantitative estimate of drug-likeness (QED) is 0.0127. The molecule has 0 spiro atoms. The Morgan fingerprint density at radius 2 is 1.31 bits per heavy atom. The maximum atomic E-state index is 14.4. The number of hydrogen-bond acceptors (Lipinski definition) is 20. The highest BCUT2D eigenvalue weighted by atomic mass is 16.5. The predicted molar refractivity (Wildman–Crippen MR) is 291 cm³/mol. The Labute approximate surface area is 464 Å². The van der Waals surface area contributed by atoms with Gasteiger partial charge in [-0.15, -0.1) is 0 Å². The summed E-state index contributed by atoms with van der Waals surface area (Å²) in [6.45, 7) is -1.07. The smallest absolute Gasteiger partial charge is 0.352 e. The van der Waals surface area contributed by atoms with E-state index < -0.39 is 133 Å². The molecule has 31 nitrogen and oxygen atoms in total. The van der Waals surface area contributed by atoms with E-state index in [0.717, 1.165) is 0 Å². The van der Waals surface area contributed by atoms with E-state index in [2.05, 4.69) is 42.5 Å². The lowest BCUT2D eigenvalue weighted by Crippen LogP contribution is -2.63. The maximum Gasteiger partial charge on any atom is 0.352 e. The van der Waals surface area contributed by atoms with E-state index in [1.165, 1.54) is 25.2 Å². The number of carbonyl (C=O) groups excluding carboxylic acids is 8. The van der Waals surface area contributed by atoms with Gasteiger partial charge in [-0.05, 0) is 102 Å². The lowest BCUT2D eigenvalue weighted by molar-refractivity contribution is -0.142. The fourth-order valence-electron chi connectivity index (χ4n) is 8.28. The number of likely N-dealkylation sites (tertiary alicyclic amines) is 1. The summed E-state index contributed by atoms with van der Waals surface area (Å²) < 4.78 is 10.8. The van der Waals surface area contributed by atoms with Gasteiger partial charge in [0.25, 0.3) is 0 Å². The van der Waals surface area contributed by atoms with E-state index in [9.17, 15) is 58.5 Å². The number of carbonyl (C=O) groups is 9. The summed E-state index contributed by atoms with van der Waals surface area (Å²) in [5, 5.41) is 58.0. The molecule has 1 aromatic carbocycles. The van der Waals surface area contributed by atoms with Crippen molar-refractivity contribution in [3.05, 3.63) is 35.5 Å². The Hall–Kier alpha value is -7.26. The van der Waals surface area contributed by atoms with Crippen molar-refractivity contribution in [2.45, 2.75) is 132 Å². The molecule has 9 atom stereocenters. The van der Waals surface area contributed by atoms with Crippen LogP contribution in [-0.2, 0) is 49.6 Å². The molecule has 1 saturated heterocycles. The molecule has 1 heterocycles. The largest absolute Gasteiger partial charge is 0.493 e. The molecular formula is C49H85N17O14. The van der Waals surface area contributed by atoms with Gasteiger partial charge >= 0.3 is 5.97 Å². The predicted octanol–water partition coefficient (Wildman–Crippen LogP) is -7.30. The summed E-state index contributed by atoms with van der Waals surface area (Å²) in [6, 6.07) is -5.14. The summed E-state index contributed by atoms with van der Waals surface area (Å²) in [5.41, 5.74) is 39.4. The van der Waals surface area contributed by atoms with Gasteiger partial charge in [0.05, 0.1) is 39.0 Å². The monoisotopic (exact) mass is 1140 g/mol. The van der Waals surface area contributed by atoms with Gasteiger partial charge in [-0.2, -0.15) is 0 Å². The van der Waals surface area contributed by atoms with Crippen LogP contribution in [-0.4, -0.2) is 200 Å². The van der Waals surface area contributed by atoms with Gasteiger partial charge < -0.3 is 112 Å². The van der Waals surface area contributed by atoms with Crippen LogP contribution >= 0.6 is 0 Å². The molecule has 1 aliphatic heterocycles. The summed E-state index contributed by atoms with van der Waals surface area (Å²) in [4.78, 5) is 123. The zero-order valence-corrected chi connectivity index (χ0v) is 45.5. The van der Waals surface area contributed by atoms with Crippen molar-refractivity contribution in [2.75, 3.05) is 66.6 Å². The second-order valence-electron chi connectivity index (χ2n) is 18.8. The molecule has 1 aromatic rings. The zero-order valence-electron chi connectivity index (χ0n) is 45.5. The summed E-state index contributed by atoms with van der Waals surface area (Å²) in [6.07, 6.45) is 0.351. The molecule has 31 heteroatoms. The molecule has 450 valence electrons. The first-order valence-electron chi connectivity index (χ1n) is 26.4. The third-order valence-electron chi connectivity index (χ3n) is 12.7. The molecular weight excluding hydrogens is 1050 g/mol. The fraction of sp³-hybridized carbons (Fsp3) is 0.633. The number of ether oxygens (including phenoxy) is 2. The zero-order chi connectivity index (χ0) is 59.9. The minimum Gasteiger partial charge on any atom is -0.493 e. The topological polar surface area (TPSA) is 538 Å². The molecule has 1 aliphatic rings. The van der Waals surface area contributed by atoms with Crippen LogP contribution in [0.25, 0.3) is 0 Å². The number of unbranched alkanes of at least 4 members (excludes halogenated alkanes) is 2. The Morgan fingerprint density at radius 1 is 0.713 bits per heavy atom. The van der Waals surface area contributed by atoms with Gasteiger partial charge in [0, 0.05) is 32.6 Å². The van der Waals surface area contributed by atoms with Crippen LogP contribution in [0.15, 0.2) is 30.0 Å². The standard InChI is InChI=1S/C49H85N17O14/c1-79-36-16-15-27(23-37(36)80-2)22-32(43(72)61-29(11-4-6-18-51)42(71)62-31(48(77)78)13-8-20-58-49(56)57)63-44(73)33-14-9-21-66(33)47(76)30(12-7-19-52)60-38(69)26-59-45(74)39(34(67)24-53)65-46(75)40(35(68)25-54)64-41(70)28(55)10-3-5-17-50/h13,15-16,23,28-30,32-35,39-40,67-68H,3-12,14,17-22,24-26,50-55H2,1-2H3,(H,59,74)(H,60,69)(H,61,72)(H,62,71)(H,63,73)(H,64,70)(H,65,75)(H,77,78)(H4,56,57,58)/b31-13-/t28-,29-,30+,32?,33-,34-,35-,39-,40-/m0/s1. The second-order valence-corrected chi connectivity index (χ2v) is 18.8. The van der Waals surface area contributed by atoms with Crippen LogP contribution < -0.4 is 92.1 Å². The van der Waals surface area contributed by atoms with Gasteiger partial charge in [-0.3, -0.25) is 43.8 Å². The van der Waals surface area contributed by atoms with Crippen molar-refractivity contribution in [1.29, 1.82) is 5.41 Å². The summed E-state index contributed by atoms with van der Waals surface area (Å²) >= 11 is 0. The highest BCUT2D eigenvalue weighted by Crippen LogP contribution is 2.28. The first kappa shape index (κ1) is 68.8. The highest BCUT2D eigenvalue weighted by molar-refractivity contribution is 5.99. The molecule has 0 bridgehead atoms. The number of methoxy groups -OCH3 is 2. The number of hydrogen-bond donors (Lipinski definition) is 19. The van der Waals surface area contributed by atoms with Crippen molar-refractivity contribution in [3.63, 3.8) is 0 Å². The van der Waals surface area contributed by atoms with Crippen LogP contribution in [0.1, 0.15) is 76.2 Å². The number of aliphatic carboxylic acids is 1. The second kappa shape index (κ2) is 36.8. The Balaban J connectivity index is 2.39. The molecule has 26 N–H and O–H groups in total. The van der Waals surface area contributed by atoms with Gasteiger partial charge in [-0.1, -0.05) is 18.6 Å². The first-order valence-corrected chi connectivity index (χ1v) is 26.4. The first-order chi connectivity index (χ1) is 38.1. The van der Waals surface area contributed by atoms with Gasteiger partial charge in [0.1, 0.15) is 41.9 Å². The number of nitrogens with one attached hydrogen (secondary N) is 9. The normalized spacial score (nSPS) is 16.2. The number of nitrogens with zero attached hydrogens (tertiary/aromatic N) is 1. The lowest BCUT2D eigenvalue weighted by Gasteiger charge is -2.30. The van der Waals surface area contributed by atoms with E-state index in [1.54, 1.807) is 18.2 Å². The molecule has 0 aliphatic carbocycles. The van der Waals surface area contributed by atoms with E-state index in [1.807, 2.05) is 0 Å². The number of aliphatic hydroxyl groups excluding tert-OH is 2. The van der Waals surface area contributed by atoms with Crippen molar-refractivity contribution in [3.8, 4) is 11.5 Å². The van der Waals surface area contributed by atoms with Gasteiger partial charge in [-0.25, -0.2) is 4.79 Å². The molecule has 1 fully saturated rings. The third-order valence-corrected chi connectivity index (χ3v) is 12.7. The Bertz CT molecular complexity index is 2260. The minimum absolute atomic E-state index is 0.0101. The number of benzene rings is 1. The van der Waals surface area contributed by atoms with Crippen LogP contribution in [0.4, 0.5) is 0 Å². The molecule has 0 radical (unpaired) electrons. The molecule has 0 saturated carbocycles. The number of amides is 8. The number of carboxylic acids is 1. The SMILES string of the molecule is COc1ccc(CC(NC(=O)[C@@H]2CCCN2C(=O)[C@@H](CCCN)NC(=O)CNC(=O)[C@@H](NC(=O)[C@@H](NC(=O)[C@@H](N)CCCCN)[C@@H](O)CN)[C@@H](O)CN)C(=O)N[C@@H](CCCCN)C(=O)N/C(=C\CCNC(=N)N)C(=O)O)cc1OC. The average molecular weight is 1140 g/mol. The number of carboxylic acid groups (broad SMARTS) is 1. The van der Waals surface area contributed by atoms with E-state index >= 15 is 0 Å². The number of nitrogens with two attached hydrogens (primary N) is 7. The van der Waals surface area contributed by atoms with Crippen LogP contribution in [0.3, 0.4) is 0 Å². The van der Waals surface area contributed by atoms with Crippen molar-refractivity contribution in [1.82, 2.24) is 47.4 Å². The van der Waals surface area contributed by atoms with Gasteiger partial charge in [0.2, 0.25) is 47.3 Å². The van der Waals surface area contributed by atoms with Crippen molar-refractivity contribution >= 4 is 59.2 Å². The molecule has 2 rings (SSSR count). The molecule has 1 unspecified atom stereocenters. The van der Waals surface area contributed by atoms with E-state index in [-0.39, 0.29) is 77.1 Å². The summed E-state index contributed by atoms with van der Waals surface area (Å²) in [5.74, 6) is -8.38. The van der Waals surface area contributed by atoms with E-state index in [0.29, 0.717) is 55.7 Å². The average Bonchev–Trinajstić information content (AvgIpc) is 3.94. The van der Waals surface area contributed by atoms with Gasteiger partial charge in [0.15, 0.2) is 17.5 Å². The van der Waals surface area contributed by atoms with Crippen molar-refractivity contribution in [2.24, 2.45) is 40.1 Å².